The Morgan fingerprint density at radius 1 is 1.31 bits per heavy atom. The molecule has 2 rings (SSSR count). The van der Waals surface area contributed by atoms with E-state index < -0.39 is 0 Å². The molecular weight excluding hydrogens is 230 g/mol. The number of aromatic nitrogens is 1. The molecule has 1 aromatic heterocycles. The second-order valence-electron chi connectivity index (χ2n) is 2.96. The first-order chi connectivity index (χ1) is 6.20. The van der Waals surface area contributed by atoms with E-state index in [9.17, 15) is 4.79 Å². The van der Waals surface area contributed by atoms with Gasteiger partial charge in [-0.05, 0) is 34.5 Å². The van der Waals surface area contributed by atoms with Crippen LogP contribution in [0.5, 0.6) is 0 Å². The van der Waals surface area contributed by atoms with Gasteiger partial charge in [0.1, 0.15) is 0 Å². The number of hydrogen-bond acceptors (Lipinski definition) is 1. The van der Waals surface area contributed by atoms with Crippen molar-refractivity contribution in [2.75, 3.05) is 0 Å². The largest absolute Gasteiger partial charge is 0.360 e. The quantitative estimate of drug-likeness (QED) is 0.751. The number of hydrogen-bond donors (Lipinski definition) is 1. The maximum atomic E-state index is 11.4. The highest BCUT2D eigenvalue weighted by molar-refractivity contribution is 9.10. The SMILES string of the molecule is Cc1ccc2c(=O)cc[nH]c2c1Br. The Kier molecular flexibility index (Phi) is 1.96. The van der Waals surface area contributed by atoms with Gasteiger partial charge in [-0.1, -0.05) is 6.07 Å². The number of aromatic amines is 1. The molecule has 2 nitrogen and oxygen atoms in total. The van der Waals surface area contributed by atoms with Gasteiger partial charge in [0, 0.05) is 22.1 Å². The third-order valence-corrected chi connectivity index (χ3v) is 3.08. The third-order valence-electron chi connectivity index (χ3n) is 2.06. The van der Waals surface area contributed by atoms with E-state index in [1.54, 1.807) is 6.20 Å². The zero-order chi connectivity index (χ0) is 9.42. The second kappa shape index (κ2) is 3.00. The molecule has 0 aliphatic carbocycles. The monoisotopic (exact) mass is 237 g/mol. The molecule has 1 aromatic carbocycles. The Morgan fingerprint density at radius 2 is 2.08 bits per heavy atom. The lowest BCUT2D eigenvalue weighted by atomic mass is 10.1. The van der Waals surface area contributed by atoms with Crippen LogP contribution in [0.2, 0.25) is 0 Å². The van der Waals surface area contributed by atoms with E-state index in [4.69, 9.17) is 0 Å². The summed E-state index contributed by atoms with van der Waals surface area (Å²) in [4.78, 5) is 14.5. The number of H-pyrrole nitrogens is 1. The van der Waals surface area contributed by atoms with E-state index >= 15 is 0 Å². The lowest BCUT2D eigenvalue weighted by molar-refractivity contribution is 1.35. The van der Waals surface area contributed by atoms with Crippen molar-refractivity contribution in [2.45, 2.75) is 6.92 Å². The maximum absolute atomic E-state index is 11.4. The molecule has 0 fully saturated rings. The van der Waals surface area contributed by atoms with Gasteiger partial charge in [0.25, 0.3) is 0 Å². The summed E-state index contributed by atoms with van der Waals surface area (Å²) in [7, 11) is 0. The van der Waals surface area contributed by atoms with E-state index in [1.165, 1.54) is 6.07 Å². The summed E-state index contributed by atoms with van der Waals surface area (Å²) in [5.41, 5.74) is 2.04. The summed E-state index contributed by atoms with van der Waals surface area (Å²) in [6.45, 7) is 1.99. The van der Waals surface area contributed by atoms with Gasteiger partial charge in [0.05, 0.1) is 5.52 Å². The first-order valence-corrected chi connectivity index (χ1v) is 4.76. The van der Waals surface area contributed by atoms with Gasteiger partial charge in [-0.2, -0.15) is 0 Å². The van der Waals surface area contributed by atoms with Crippen LogP contribution in [0.15, 0.2) is 33.7 Å². The number of nitrogens with one attached hydrogen (secondary N) is 1. The van der Waals surface area contributed by atoms with Crippen molar-refractivity contribution in [1.29, 1.82) is 0 Å². The van der Waals surface area contributed by atoms with Crippen LogP contribution in [-0.2, 0) is 0 Å². The van der Waals surface area contributed by atoms with Crippen molar-refractivity contribution >= 4 is 26.8 Å². The number of halogens is 1. The molecule has 0 unspecified atom stereocenters. The average molecular weight is 238 g/mol. The molecule has 0 atom stereocenters. The second-order valence-corrected chi connectivity index (χ2v) is 3.75. The van der Waals surface area contributed by atoms with Crippen LogP contribution in [0.3, 0.4) is 0 Å². The molecule has 0 amide bonds. The fourth-order valence-electron chi connectivity index (χ4n) is 1.32. The number of pyridine rings is 1. The van der Waals surface area contributed by atoms with Gasteiger partial charge in [-0.25, -0.2) is 0 Å². The topological polar surface area (TPSA) is 32.9 Å². The molecule has 13 heavy (non-hydrogen) atoms. The predicted molar refractivity (Wildman–Crippen MR) is 57.0 cm³/mol. The first-order valence-electron chi connectivity index (χ1n) is 3.96. The minimum atomic E-state index is 0.0504. The molecule has 1 heterocycles. The van der Waals surface area contributed by atoms with E-state index in [0.717, 1.165) is 20.9 Å². The van der Waals surface area contributed by atoms with E-state index in [1.807, 2.05) is 19.1 Å². The van der Waals surface area contributed by atoms with Crippen LogP contribution in [0.25, 0.3) is 10.9 Å². The molecule has 1 N–H and O–H groups in total. The minimum Gasteiger partial charge on any atom is -0.360 e. The summed E-state index contributed by atoms with van der Waals surface area (Å²) in [5, 5.41) is 0.722. The van der Waals surface area contributed by atoms with Crippen LogP contribution < -0.4 is 5.43 Å². The van der Waals surface area contributed by atoms with Crippen LogP contribution in [-0.4, -0.2) is 4.98 Å². The van der Waals surface area contributed by atoms with Crippen LogP contribution >= 0.6 is 15.9 Å². The highest BCUT2D eigenvalue weighted by Crippen LogP contribution is 2.23. The first kappa shape index (κ1) is 8.51. The number of fused-ring (bicyclic) bond motifs is 1. The standard InChI is InChI=1S/C10H8BrNO/c1-6-2-3-7-8(13)4-5-12-10(7)9(6)11/h2-5H,1H3,(H,12,13). The summed E-state index contributed by atoms with van der Waals surface area (Å²) in [5.74, 6) is 0. The molecule has 0 aliphatic rings. The van der Waals surface area contributed by atoms with Gasteiger partial charge >= 0.3 is 0 Å². The van der Waals surface area contributed by atoms with Gasteiger partial charge in [-0.15, -0.1) is 0 Å². The highest BCUT2D eigenvalue weighted by atomic mass is 79.9. The molecule has 0 aliphatic heterocycles. The van der Waals surface area contributed by atoms with Crippen molar-refractivity contribution in [3.63, 3.8) is 0 Å². The minimum absolute atomic E-state index is 0.0504. The Morgan fingerprint density at radius 3 is 2.85 bits per heavy atom. The molecule has 0 saturated carbocycles. The molecule has 66 valence electrons. The number of benzene rings is 1. The molecule has 0 spiro atoms. The summed E-state index contributed by atoms with van der Waals surface area (Å²) in [6, 6.07) is 5.31. The van der Waals surface area contributed by atoms with Crippen molar-refractivity contribution in [3.05, 3.63) is 44.7 Å². The molecule has 2 aromatic rings. The lowest BCUT2D eigenvalue weighted by Gasteiger charge is -2.02. The Bertz CT molecular complexity index is 516. The van der Waals surface area contributed by atoms with Crippen molar-refractivity contribution in [1.82, 2.24) is 4.98 Å². The highest BCUT2D eigenvalue weighted by Gasteiger charge is 2.03. The van der Waals surface area contributed by atoms with Gasteiger partial charge in [-0.3, -0.25) is 4.79 Å². The van der Waals surface area contributed by atoms with Gasteiger partial charge in [0.15, 0.2) is 5.43 Å². The normalized spacial score (nSPS) is 10.6. The van der Waals surface area contributed by atoms with Gasteiger partial charge in [0.2, 0.25) is 0 Å². The Balaban J connectivity index is 3.03. The maximum Gasteiger partial charge on any atom is 0.189 e. The van der Waals surface area contributed by atoms with Crippen LogP contribution in [0, 0.1) is 6.92 Å². The predicted octanol–water partition coefficient (Wildman–Crippen LogP) is 2.60. The summed E-state index contributed by atoms with van der Waals surface area (Å²) in [6.07, 6.45) is 1.66. The fraction of sp³-hybridized carbons (Fsp3) is 0.100. The van der Waals surface area contributed by atoms with Crippen molar-refractivity contribution in [3.8, 4) is 0 Å². The van der Waals surface area contributed by atoms with Gasteiger partial charge < -0.3 is 4.98 Å². The lowest BCUT2D eigenvalue weighted by Crippen LogP contribution is -2.00. The summed E-state index contributed by atoms with van der Waals surface area (Å²) >= 11 is 3.44. The molecular formula is C10H8BrNO. The molecule has 0 saturated heterocycles. The Hall–Kier alpha value is -1.09. The van der Waals surface area contributed by atoms with E-state index in [2.05, 4.69) is 20.9 Å². The van der Waals surface area contributed by atoms with Crippen LogP contribution in [0.1, 0.15) is 5.56 Å². The zero-order valence-corrected chi connectivity index (χ0v) is 8.68. The smallest absolute Gasteiger partial charge is 0.189 e. The van der Waals surface area contributed by atoms with Crippen LogP contribution in [0.4, 0.5) is 0 Å². The Labute approximate surface area is 83.7 Å². The van der Waals surface area contributed by atoms with Crippen molar-refractivity contribution < 1.29 is 0 Å². The number of aryl methyl sites for hydroxylation is 1. The zero-order valence-electron chi connectivity index (χ0n) is 7.10. The fourth-order valence-corrected chi connectivity index (χ4v) is 1.78. The average Bonchev–Trinajstić information content (AvgIpc) is 2.12. The van der Waals surface area contributed by atoms with Crippen molar-refractivity contribution in [2.24, 2.45) is 0 Å². The number of rotatable bonds is 0. The molecule has 0 radical (unpaired) electrons. The summed E-state index contributed by atoms with van der Waals surface area (Å²) < 4.78 is 0.961. The third kappa shape index (κ3) is 1.29. The van der Waals surface area contributed by atoms with E-state index in [-0.39, 0.29) is 5.43 Å². The molecule has 0 bridgehead atoms. The van der Waals surface area contributed by atoms with E-state index in [0.29, 0.717) is 0 Å². The molecule has 3 heteroatoms.